The molecule has 3 aromatic carbocycles. The van der Waals surface area contributed by atoms with Crippen molar-refractivity contribution < 1.29 is 27.4 Å². The predicted molar refractivity (Wildman–Crippen MR) is 138 cm³/mol. The van der Waals surface area contributed by atoms with Crippen LogP contribution in [-0.4, -0.2) is 47.9 Å². The van der Waals surface area contributed by atoms with E-state index in [0.29, 0.717) is 29.4 Å². The first-order chi connectivity index (χ1) is 17.4. The summed E-state index contributed by atoms with van der Waals surface area (Å²) in [5, 5.41) is 3.96. The zero-order chi connectivity index (χ0) is 26.0. The molecule has 1 amide bonds. The average Bonchev–Trinajstić information content (AvgIpc) is 2.91. The lowest BCUT2D eigenvalue weighted by atomic mass is 10.2. The van der Waals surface area contributed by atoms with Crippen molar-refractivity contribution in [1.29, 1.82) is 0 Å². The molecule has 0 heterocycles. The van der Waals surface area contributed by atoms with Gasteiger partial charge in [-0.25, -0.2) is 13.8 Å². The lowest BCUT2D eigenvalue weighted by Crippen LogP contribution is -2.39. The topological polar surface area (TPSA) is 107 Å². The van der Waals surface area contributed by atoms with Crippen LogP contribution in [0.3, 0.4) is 0 Å². The van der Waals surface area contributed by atoms with E-state index >= 15 is 0 Å². The fourth-order valence-electron chi connectivity index (χ4n) is 3.23. The van der Waals surface area contributed by atoms with E-state index in [0.717, 1.165) is 4.31 Å². The van der Waals surface area contributed by atoms with Gasteiger partial charge in [-0.2, -0.15) is 5.10 Å². The molecule has 3 aromatic rings. The summed E-state index contributed by atoms with van der Waals surface area (Å²) in [6.07, 6.45) is 3.04. The lowest BCUT2D eigenvalue weighted by Gasteiger charge is -2.25. The molecule has 0 unspecified atom stereocenters. The summed E-state index contributed by atoms with van der Waals surface area (Å²) in [6.45, 7) is 3.42. The Morgan fingerprint density at radius 3 is 2.36 bits per heavy atom. The molecule has 9 nitrogen and oxygen atoms in total. The quantitative estimate of drug-likeness (QED) is 0.227. The van der Waals surface area contributed by atoms with Crippen molar-refractivity contribution >= 4 is 27.8 Å². The Labute approximate surface area is 210 Å². The molecule has 0 atom stereocenters. The van der Waals surface area contributed by atoms with Gasteiger partial charge in [0.25, 0.3) is 15.9 Å². The molecule has 1 N–H and O–H groups in total. The molecule has 0 aliphatic carbocycles. The van der Waals surface area contributed by atoms with Crippen molar-refractivity contribution in [2.75, 3.05) is 31.7 Å². The van der Waals surface area contributed by atoms with Crippen LogP contribution in [0.5, 0.6) is 17.2 Å². The average molecular weight is 510 g/mol. The number of anilines is 1. The zero-order valence-corrected chi connectivity index (χ0v) is 20.8. The summed E-state index contributed by atoms with van der Waals surface area (Å²) in [5.41, 5.74) is 3.24. The Kier molecular flexibility index (Phi) is 9.07. The molecule has 0 saturated carbocycles. The summed E-state index contributed by atoms with van der Waals surface area (Å²) in [7, 11) is -1.14. The molecule has 0 radical (unpaired) electrons. The molecule has 0 spiro atoms. The minimum atomic E-state index is -4.08. The third kappa shape index (κ3) is 6.42. The van der Waals surface area contributed by atoms with Gasteiger partial charge >= 0.3 is 0 Å². The number of hydrazone groups is 1. The van der Waals surface area contributed by atoms with Crippen molar-refractivity contribution in [3.63, 3.8) is 0 Å². The fraction of sp³-hybridized carbons (Fsp3) is 0.154. The first-order valence-electron chi connectivity index (χ1n) is 10.8. The number of methoxy groups -OCH3 is 2. The maximum Gasteiger partial charge on any atom is 0.264 e. The van der Waals surface area contributed by atoms with Crippen molar-refractivity contribution in [3.05, 3.63) is 91.0 Å². The van der Waals surface area contributed by atoms with Crippen LogP contribution in [0.1, 0.15) is 5.56 Å². The molecule has 0 aliphatic rings. The number of hydrogen-bond acceptors (Lipinski definition) is 7. The van der Waals surface area contributed by atoms with Crippen molar-refractivity contribution in [1.82, 2.24) is 5.43 Å². The number of benzene rings is 3. The van der Waals surface area contributed by atoms with Crippen molar-refractivity contribution in [2.45, 2.75) is 4.90 Å². The van der Waals surface area contributed by atoms with E-state index in [1.165, 1.54) is 32.6 Å². The van der Waals surface area contributed by atoms with Gasteiger partial charge in [-0.1, -0.05) is 43.0 Å². The van der Waals surface area contributed by atoms with E-state index in [9.17, 15) is 13.2 Å². The van der Waals surface area contributed by atoms with Crippen LogP contribution in [0, 0.1) is 0 Å². The maximum absolute atomic E-state index is 13.4. The number of carbonyl (C=O) groups is 1. The molecule has 0 saturated heterocycles. The Hall–Kier alpha value is -4.31. The van der Waals surface area contributed by atoms with Crippen LogP contribution in [-0.2, 0) is 14.8 Å². The number of amides is 1. The predicted octanol–water partition coefficient (Wildman–Crippen LogP) is 3.61. The molecule has 0 aliphatic heterocycles. The van der Waals surface area contributed by atoms with Crippen LogP contribution < -0.4 is 23.9 Å². The van der Waals surface area contributed by atoms with Gasteiger partial charge in [0.2, 0.25) is 0 Å². The van der Waals surface area contributed by atoms with Crippen molar-refractivity contribution in [3.8, 4) is 17.2 Å². The highest BCUT2D eigenvalue weighted by Gasteiger charge is 2.29. The third-order valence-corrected chi connectivity index (χ3v) is 6.69. The van der Waals surface area contributed by atoms with E-state index < -0.39 is 22.5 Å². The van der Waals surface area contributed by atoms with Gasteiger partial charge in [0.15, 0.2) is 11.5 Å². The zero-order valence-electron chi connectivity index (χ0n) is 20.0. The van der Waals surface area contributed by atoms with Crippen LogP contribution in [0.2, 0.25) is 0 Å². The summed E-state index contributed by atoms with van der Waals surface area (Å²) < 4.78 is 44.0. The standard InChI is InChI=1S/C26H27N3O6S/c1-4-16-35-24-15-14-20(17-25(24)34-3)18-27-28-26(30)19-29(22-12-8-9-13-23(22)33-2)36(31,32)21-10-6-5-7-11-21/h4-15,17-18H,1,16,19H2,2-3H3,(H,28,30)/b27-18-. The Morgan fingerprint density at radius 2 is 1.67 bits per heavy atom. The second-order valence-electron chi connectivity index (χ2n) is 7.30. The molecule has 3 rings (SSSR count). The summed E-state index contributed by atoms with van der Waals surface area (Å²) in [5.74, 6) is 0.689. The SMILES string of the molecule is C=CCOc1ccc(/C=N\NC(=O)CN(c2ccccc2OC)S(=O)(=O)c2ccccc2)cc1OC. The molecule has 36 heavy (non-hydrogen) atoms. The van der Waals surface area contributed by atoms with E-state index in [1.54, 1.807) is 66.7 Å². The van der Waals surface area contributed by atoms with Crippen LogP contribution in [0.15, 0.2) is 95.4 Å². The Bertz CT molecular complexity index is 1330. The van der Waals surface area contributed by atoms with Gasteiger partial charge in [0, 0.05) is 0 Å². The number of ether oxygens (including phenoxy) is 3. The lowest BCUT2D eigenvalue weighted by molar-refractivity contribution is -0.119. The molecule has 188 valence electrons. The number of rotatable bonds is 12. The van der Waals surface area contributed by atoms with E-state index in [1.807, 2.05) is 0 Å². The largest absolute Gasteiger partial charge is 0.495 e. The Balaban J connectivity index is 1.81. The Morgan fingerprint density at radius 1 is 0.972 bits per heavy atom. The van der Waals surface area contributed by atoms with E-state index in [4.69, 9.17) is 14.2 Å². The highest BCUT2D eigenvalue weighted by molar-refractivity contribution is 7.92. The normalized spacial score (nSPS) is 11.1. The van der Waals surface area contributed by atoms with Crippen LogP contribution in [0.25, 0.3) is 0 Å². The molecule has 0 aromatic heterocycles. The van der Waals surface area contributed by atoms with E-state index in [2.05, 4.69) is 17.1 Å². The maximum atomic E-state index is 13.4. The number of nitrogens with one attached hydrogen (secondary N) is 1. The number of nitrogens with zero attached hydrogens (tertiary/aromatic N) is 2. The first kappa shape index (κ1) is 26.3. The summed E-state index contributed by atoms with van der Waals surface area (Å²) in [4.78, 5) is 12.8. The third-order valence-electron chi connectivity index (χ3n) is 4.92. The second kappa shape index (κ2) is 12.4. The first-order valence-corrected chi connectivity index (χ1v) is 12.3. The van der Waals surface area contributed by atoms with Gasteiger partial charge < -0.3 is 14.2 Å². The van der Waals surface area contributed by atoms with Crippen molar-refractivity contribution in [2.24, 2.45) is 5.10 Å². The van der Waals surface area contributed by atoms with Crippen LogP contribution in [0.4, 0.5) is 5.69 Å². The number of carbonyl (C=O) groups excluding carboxylic acids is 1. The molecular weight excluding hydrogens is 482 g/mol. The number of para-hydroxylation sites is 2. The molecular formula is C26H27N3O6S. The number of sulfonamides is 1. The van der Waals surface area contributed by atoms with Gasteiger partial charge in [-0.15, -0.1) is 0 Å². The second-order valence-corrected chi connectivity index (χ2v) is 9.16. The highest BCUT2D eigenvalue weighted by atomic mass is 32.2. The fourth-order valence-corrected chi connectivity index (χ4v) is 4.68. The van der Waals surface area contributed by atoms with Crippen LogP contribution >= 0.6 is 0 Å². The summed E-state index contributed by atoms with van der Waals surface area (Å²) >= 11 is 0. The van der Waals surface area contributed by atoms with Gasteiger partial charge in [0.1, 0.15) is 18.9 Å². The molecule has 0 bridgehead atoms. The smallest absolute Gasteiger partial charge is 0.264 e. The minimum Gasteiger partial charge on any atom is -0.495 e. The molecule has 10 heteroatoms. The highest BCUT2D eigenvalue weighted by Crippen LogP contribution is 2.32. The monoisotopic (exact) mass is 509 g/mol. The van der Waals surface area contributed by atoms with Gasteiger partial charge in [-0.3, -0.25) is 9.10 Å². The summed E-state index contributed by atoms with van der Waals surface area (Å²) in [6, 6.07) is 19.5. The number of hydrogen-bond donors (Lipinski definition) is 1. The van der Waals surface area contributed by atoms with Gasteiger partial charge in [-0.05, 0) is 48.0 Å². The van der Waals surface area contributed by atoms with Gasteiger partial charge in [0.05, 0.1) is 31.0 Å². The van der Waals surface area contributed by atoms with E-state index in [-0.39, 0.29) is 10.6 Å². The molecule has 0 fully saturated rings. The minimum absolute atomic E-state index is 0.0399.